The molecule has 4 heteroatoms. The van der Waals surface area contributed by atoms with Crippen molar-refractivity contribution in [3.63, 3.8) is 0 Å². The van der Waals surface area contributed by atoms with Crippen LogP contribution >= 0.6 is 0 Å². The number of hydrogen-bond donors (Lipinski definition) is 1. The number of aliphatic hydroxyl groups excluding tert-OH is 1. The lowest BCUT2D eigenvalue weighted by Crippen LogP contribution is -2.35. The minimum atomic E-state index is -0.546. The SMILES string of the molecule is COC[C@H]1O[C@@H](C)C(O)[C@H]1OC. The van der Waals surface area contributed by atoms with E-state index in [1.165, 1.54) is 0 Å². The summed E-state index contributed by atoms with van der Waals surface area (Å²) in [6.07, 6.45) is -1.13. The molecular weight excluding hydrogens is 160 g/mol. The fraction of sp³-hybridized carbons (Fsp3) is 1.00. The maximum absolute atomic E-state index is 9.55. The Morgan fingerprint density at radius 2 is 2.08 bits per heavy atom. The number of aliphatic hydroxyl groups is 1. The Morgan fingerprint density at radius 1 is 1.42 bits per heavy atom. The highest BCUT2D eigenvalue weighted by Crippen LogP contribution is 2.23. The molecule has 0 spiro atoms. The van der Waals surface area contributed by atoms with Crippen LogP contribution in [0.4, 0.5) is 0 Å². The lowest BCUT2D eigenvalue weighted by Gasteiger charge is -2.17. The minimum absolute atomic E-state index is 0.148. The van der Waals surface area contributed by atoms with Gasteiger partial charge in [-0.25, -0.2) is 0 Å². The summed E-state index contributed by atoms with van der Waals surface area (Å²) in [5.74, 6) is 0. The molecule has 1 N–H and O–H groups in total. The second-order valence-corrected chi connectivity index (χ2v) is 3.03. The smallest absolute Gasteiger partial charge is 0.114 e. The fourth-order valence-corrected chi connectivity index (χ4v) is 1.51. The highest BCUT2D eigenvalue weighted by Gasteiger charge is 2.41. The summed E-state index contributed by atoms with van der Waals surface area (Å²) >= 11 is 0. The number of methoxy groups -OCH3 is 2. The molecule has 0 aliphatic carbocycles. The molecule has 0 aromatic rings. The molecule has 0 radical (unpaired) electrons. The zero-order valence-corrected chi connectivity index (χ0v) is 7.69. The lowest BCUT2D eigenvalue weighted by atomic mass is 10.1. The van der Waals surface area contributed by atoms with Crippen molar-refractivity contribution in [1.82, 2.24) is 0 Å². The zero-order chi connectivity index (χ0) is 9.14. The van der Waals surface area contributed by atoms with Crippen LogP contribution in [0.15, 0.2) is 0 Å². The Labute approximate surface area is 72.4 Å². The summed E-state index contributed by atoms with van der Waals surface area (Å²) in [6, 6.07) is 0. The van der Waals surface area contributed by atoms with Gasteiger partial charge in [0.1, 0.15) is 18.3 Å². The predicted molar refractivity (Wildman–Crippen MR) is 43.0 cm³/mol. The van der Waals surface area contributed by atoms with Gasteiger partial charge in [-0.2, -0.15) is 0 Å². The Bertz CT molecular complexity index is 139. The van der Waals surface area contributed by atoms with E-state index in [0.717, 1.165) is 0 Å². The third-order valence-corrected chi connectivity index (χ3v) is 2.18. The Morgan fingerprint density at radius 3 is 2.58 bits per heavy atom. The number of hydrogen-bond acceptors (Lipinski definition) is 4. The molecule has 0 bridgehead atoms. The summed E-state index contributed by atoms with van der Waals surface area (Å²) in [5.41, 5.74) is 0. The van der Waals surface area contributed by atoms with Crippen LogP contribution in [0.2, 0.25) is 0 Å². The van der Waals surface area contributed by atoms with E-state index in [0.29, 0.717) is 6.61 Å². The molecule has 4 nitrogen and oxygen atoms in total. The second-order valence-electron chi connectivity index (χ2n) is 3.03. The monoisotopic (exact) mass is 176 g/mol. The number of ether oxygens (including phenoxy) is 3. The van der Waals surface area contributed by atoms with E-state index in [1.54, 1.807) is 14.2 Å². The van der Waals surface area contributed by atoms with Crippen LogP contribution in [0.3, 0.4) is 0 Å². The van der Waals surface area contributed by atoms with Crippen molar-refractivity contribution in [3.05, 3.63) is 0 Å². The topological polar surface area (TPSA) is 47.9 Å². The van der Waals surface area contributed by atoms with Crippen molar-refractivity contribution in [1.29, 1.82) is 0 Å². The third-order valence-electron chi connectivity index (χ3n) is 2.18. The van der Waals surface area contributed by atoms with Crippen molar-refractivity contribution < 1.29 is 19.3 Å². The van der Waals surface area contributed by atoms with Crippen LogP contribution in [-0.4, -0.2) is 50.3 Å². The normalized spacial score (nSPS) is 42.0. The van der Waals surface area contributed by atoms with Gasteiger partial charge in [-0.1, -0.05) is 0 Å². The predicted octanol–water partition coefficient (Wildman–Crippen LogP) is -0.204. The standard InChI is InChI=1S/C8H16O4/c1-5-7(9)8(11-3)6(12-5)4-10-2/h5-9H,4H2,1-3H3/t5-,6+,7?,8-/m0/s1. The van der Waals surface area contributed by atoms with Gasteiger partial charge in [-0.05, 0) is 6.92 Å². The Hall–Kier alpha value is -0.160. The molecule has 72 valence electrons. The largest absolute Gasteiger partial charge is 0.388 e. The molecule has 1 unspecified atom stereocenters. The van der Waals surface area contributed by atoms with Crippen LogP contribution in [0.25, 0.3) is 0 Å². The molecule has 0 saturated carbocycles. The van der Waals surface area contributed by atoms with E-state index in [4.69, 9.17) is 14.2 Å². The fourth-order valence-electron chi connectivity index (χ4n) is 1.51. The molecule has 1 aliphatic rings. The van der Waals surface area contributed by atoms with Gasteiger partial charge in [0.15, 0.2) is 0 Å². The molecule has 0 aromatic heterocycles. The number of rotatable bonds is 3. The maximum atomic E-state index is 9.55. The van der Waals surface area contributed by atoms with Gasteiger partial charge in [-0.15, -0.1) is 0 Å². The minimum Gasteiger partial charge on any atom is -0.388 e. The lowest BCUT2D eigenvalue weighted by molar-refractivity contribution is -0.0436. The van der Waals surface area contributed by atoms with Crippen molar-refractivity contribution >= 4 is 0 Å². The van der Waals surface area contributed by atoms with Crippen LogP contribution in [0.1, 0.15) is 6.92 Å². The molecule has 12 heavy (non-hydrogen) atoms. The summed E-state index contributed by atoms with van der Waals surface area (Å²) in [5, 5.41) is 9.55. The van der Waals surface area contributed by atoms with Crippen molar-refractivity contribution in [3.8, 4) is 0 Å². The van der Waals surface area contributed by atoms with Gasteiger partial charge in [0.25, 0.3) is 0 Å². The average Bonchev–Trinajstić information content (AvgIpc) is 2.29. The van der Waals surface area contributed by atoms with E-state index in [-0.39, 0.29) is 18.3 Å². The molecule has 1 aliphatic heterocycles. The summed E-state index contributed by atoms with van der Waals surface area (Å²) in [6.45, 7) is 2.28. The first-order chi connectivity index (χ1) is 5.70. The quantitative estimate of drug-likeness (QED) is 0.646. The molecule has 1 heterocycles. The highest BCUT2D eigenvalue weighted by atomic mass is 16.6. The van der Waals surface area contributed by atoms with Crippen LogP contribution in [-0.2, 0) is 14.2 Å². The molecule has 0 aromatic carbocycles. The van der Waals surface area contributed by atoms with Gasteiger partial charge >= 0.3 is 0 Å². The van der Waals surface area contributed by atoms with Gasteiger partial charge in [0.2, 0.25) is 0 Å². The van der Waals surface area contributed by atoms with Crippen molar-refractivity contribution in [2.75, 3.05) is 20.8 Å². The average molecular weight is 176 g/mol. The van der Waals surface area contributed by atoms with Gasteiger partial charge < -0.3 is 19.3 Å². The van der Waals surface area contributed by atoms with E-state index in [2.05, 4.69) is 0 Å². The van der Waals surface area contributed by atoms with Crippen molar-refractivity contribution in [2.45, 2.75) is 31.3 Å². The van der Waals surface area contributed by atoms with Crippen molar-refractivity contribution in [2.24, 2.45) is 0 Å². The van der Waals surface area contributed by atoms with Crippen LogP contribution < -0.4 is 0 Å². The van der Waals surface area contributed by atoms with Gasteiger partial charge in [-0.3, -0.25) is 0 Å². The molecule has 4 atom stereocenters. The summed E-state index contributed by atoms with van der Waals surface area (Å²) in [7, 11) is 3.17. The van der Waals surface area contributed by atoms with Crippen LogP contribution in [0, 0.1) is 0 Å². The van der Waals surface area contributed by atoms with E-state index >= 15 is 0 Å². The molecule has 0 amide bonds. The first-order valence-electron chi connectivity index (χ1n) is 4.06. The Balaban J connectivity index is 2.52. The molecule has 1 saturated heterocycles. The molecule has 1 fully saturated rings. The maximum Gasteiger partial charge on any atom is 0.114 e. The second kappa shape index (κ2) is 4.18. The van der Waals surface area contributed by atoms with E-state index in [1.807, 2.05) is 6.92 Å². The van der Waals surface area contributed by atoms with Crippen LogP contribution in [0.5, 0.6) is 0 Å². The van der Waals surface area contributed by atoms with Gasteiger partial charge in [0, 0.05) is 14.2 Å². The highest BCUT2D eigenvalue weighted by molar-refractivity contribution is 4.89. The zero-order valence-electron chi connectivity index (χ0n) is 7.69. The van der Waals surface area contributed by atoms with E-state index < -0.39 is 6.10 Å². The van der Waals surface area contributed by atoms with E-state index in [9.17, 15) is 5.11 Å². The Kier molecular flexibility index (Phi) is 3.46. The molecular formula is C8H16O4. The molecule has 1 rings (SSSR count). The third kappa shape index (κ3) is 1.77. The summed E-state index contributed by atoms with van der Waals surface area (Å²) < 4.78 is 15.5. The summed E-state index contributed by atoms with van der Waals surface area (Å²) in [4.78, 5) is 0. The first-order valence-corrected chi connectivity index (χ1v) is 4.06. The van der Waals surface area contributed by atoms with Gasteiger partial charge in [0.05, 0.1) is 12.7 Å². The first kappa shape index (κ1) is 9.92.